The molecule has 0 bridgehead atoms. The van der Waals surface area contributed by atoms with Crippen LogP contribution in [0, 0.1) is 0 Å². The zero-order chi connectivity index (χ0) is 20.6. The lowest BCUT2D eigenvalue weighted by molar-refractivity contribution is -0.0452. The molecule has 5 nitrogen and oxygen atoms in total. The molecular weight excluding hydrogens is 376 g/mol. The van der Waals surface area contributed by atoms with Crippen LogP contribution in [0.2, 0.25) is 0 Å². The summed E-state index contributed by atoms with van der Waals surface area (Å²) < 4.78 is 6.36. The van der Waals surface area contributed by atoms with Crippen molar-refractivity contribution >= 4 is 0 Å². The maximum atomic E-state index is 9.23. The molecule has 0 radical (unpaired) electrons. The van der Waals surface area contributed by atoms with Gasteiger partial charge in [-0.2, -0.15) is 0 Å². The number of likely N-dealkylation sites (tertiary alicyclic amines) is 1. The molecule has 2 aromatic carbocycles. The average molecular weight is 409 g/mol. The first kappa shape index (κ1) is 20.2. The molecule has 2 saturated heterocycles. The van der Waals surface area contributed by atoms with E-state index in [9.17, 15) is 10.2 Å². The predicted octanol–water partition coefficient (Wildman–Crippen LogP) is 2.94. The number of nitrogens with one attached hydrogen (secondary N) is 1. The van der Waals surface area contributed by atoms with Crippen LogP contribution in [0.1, 0.15) is 54.6 Å². The van der Waals surface area contributed by atoms with Crippen molar-refractivity contribution in [3.05, 3.63) is 71.3 Å². The van der Waals surface area contributed by atoms with E-state index in [0.717, 1.165) is 45.5 Å². The summed E-state index contributed by atoms with van der Waals surface area (Å²) in [6.45, 7) is 3.84. The number of ether oxygens (including phenoxy) is 1. The number of nitrogens with zero attached hydrogens (tertiary/aromatic N) is 1. The van der Waals surface area contributed by atoms with Gasteiger partial charge in [-0.25, -0.2) is 0 Å². The van der Waals surface area contributed by atoms with Crippen molar-refractivity contribution in [2.24, 2.45) is 0 Å². The van der Waals surface area contributed by atoms with Gasteiger partial charge in [-0.05, 0) is 36.8 Å². The van der Waals surface area contributed by atoms with Crippen LogP contribution in [0.25, 0.3) is 0 Å². The Labute approximate surface area is 178 Å². The molecule has 1 spiro atoms. The van der Waals surface area contributed by atoms with Crippen LogP contribution >= 0.6 is 0 Å². The van der Waals surface area contributed by atoms with Crippen LogP contribution < -0.4 is 5.32 Å². The van der Waals surface area contributed by atoms with Gasteiger partial charge in [-0.3, -0.25) is 4.90 Å². The quantitative estimate of drug-likeness (QED) is 0.642. The summed E-state index contributed by atoms with van der Waals surface area (Å²) in [6, 6.07) is 19.5. The molecule has 3 atom stereocenters. The maximum absolute atomic E-state index is 9.23. The third-order valence-electron chi connectivity index (χ3n) is 7.13. The largest absolute Gasteiger partial charge is 0.373 e. The topological polar surface area (TPSA) is 65.0 Å². The lowest BCUT2D eigenvalue weighted by Gasteiger charge is -2.38. The monoisotopic (exact) mass is 408 g/mol. The second kappa shape index (κ2) is 8.40. The van der Waals surface area contributed by atoms with Crippen LogP contribution in [0.4, 0.5) is 0 Å². The molecule has 3 N–H and O–H groups in total. The first-order valence-electron chi connectivity index (χ1n) is 11.2. The van der Waals surface area contributed by atoms with E-state index in [0.29, 0.717) is 23.6 Å². The van der Waals surface area contributed by atoms with Crippen molar-refractivity contribution in [1.82, 2.24) is 10.2 Å². The van der Waals surface area contributed by atoms with Crippen molar-refractivity contribution in [1.29, 1.82) is 0 Å². The number of aliphatic hydroxyl groups is 2. The van der Waals surface area contributed by atoms with Gasteiger partial charge in [0.05, 0.1) is 12.2 Å². The van der Waals surface area contributed by atoms with E-state index in [1.165, 1.54) is 17.5 Å². The minimum absolute atomic E-state index is 0.0517. The molecular formula is C25H32N2O3. The highest BCUT2D eigenvalue weighted by atomic mass is 16.5. The predicted molar refractivity (Wildman–Crippen MR) is 116 cm³/mol. The molecule has 2 aliphatic heterocycles. The lowest BCUT2D eigenvalue weighted by Crippen LogP contribution is -2.44. The van der Waals surface area contributed by atoms with Gasteiger partial charge in [0, 0.05) is 43.2 Å². The number of piperidine rings is 1. The summed E-state index contributed by atoms with van der Waals surface area (Å²) in [5.74, 6) is 0.669. The highest BCUT2D eigenvalue weighted by Gasteiger charge is 2.46. The molecule has 3 aliphatic rings. The summed E-state index contributed by atoms with van der Waals surface area (Å²) in [6.07, 6.45) is 3.15. The Bertz CT molecular complexity index is 831. The molecule has 0 amide bonds. The van der Waals surface area contributed by atoms with Gasteiger partial charge >= 0.3 is 0 Å². The van der Waals surface area contributed by atoms with Crippen LogP contribution in [0.5, 0.6) is 0 Å². The molecule has 1 unspecified atom stereocenters. The minimum atomic E-state index is -1.39. The van der Waals surface area contributed by atoms with Crippen LogP contribution in [0.3, 0.4) is 0 Å². The summed E-state index contributed by atoms with van der Waals surface area (Å²) in [5, 5.41) is 22.3. The maximum Gasteiger partial charge on any atom is 0.178 e. The van der Waals surface area contributed by atoms with Crippen molar-refractivity contribution in [3.8, 4) is 0 Å². The summed E-state index contributed by atoms with van der Waals surface area (Å²) in [5.41, 5.74) is 3.26. The summed E-state index contributed by atoms with van der Waals surface area (Å²) >= 11 is 0. The van der Waals surface area contributed by atoms with Crippen LogP contribution in [0.15, 0.2) is 54.6 Å². The Morgan fingerprint density at radius 3 is 2.47 bits per heavy atom. The van der Waals surface area contributed by atoms with Gasteiger partial charge in [0.25, 0.3) is 0 Å². The second-order valence-corrected chi connectivity index (χ2v) is 9.31. The van der Waals surface area contributed by atoms with E-state index in [4.69, 9.17) is 4.74 Å². The number of hydrogen-bond donors (Lipinski definition) is 3. The minimum Gasteiger partial charge on any atom is -0.373 e. The van der Waals surface area contributed by atoms with E-state index in [1.54, 1.807) is 12.1 Å². The van der Waals surface area contributed by atoms with Crippen molar-refractivity contribution < 1.29 is 14.9 Å². The molecule has 2 aromatic rings. The Balaban J connectivity index is 1.08. The van der Waals surface area contributed by atoms with E-state index in [-0.39, 0.29) is 5.60 Å². The molecule has 0 aromatic heterocycles. The highest BCUT2D eigenvalue weighted by Crippen LogP contribution is 2.43. The molecule has 1 aliphatic carbocycles. The molecule has 30 heavy (non-hydrogen) atoms. The fraction of sp³-hybridized carbons (Fsp3) is 0.520. The van der Waals surface area contributed by atoms with Gasteiger partial charge < -0.3 is 20.3 Å². The normalized spacial score (nSPS) is 28.3. The standard InChI is InChI=1S/C25H32N2O3/c28-24(29)20-8-6-18(7-9-20)16-27-12-10-25(11-13-27)15-21(17-30-25)26-23-14-22(23)19-4-2-1-3-5-19/h1-9,21-24,26,28-29H,10-17H2/t21?,22-,23+/m0/s1. The van der Waals surface area contributed by atoms with Crippen LogP contribution in [-0.4, -0.2) is 52.5 Å². The van der Waals surface area contributed by atoms with Gasteiger partial charge in [0.1, 0.15) is 0 Å². The fourth-order valence-corrected chi connectivity index (χ4v) is 5.22. The molecule has 5 heteroatoms. The Morgan fingerprint density at radius 2 is 1.77 bits per heavy atom. The van der Waals surface area contributed by atoms with E-state index in [2.05, 4.69) is 40.5 Å². The zero-order valence-corrected chi connectivity index (χ0v) is 17.4. The Hall–Kier alpha value is -1.76. The SMILES string of the molecule is OC(O)c1ccc(CN2CCC3(CC2)CC(N[C@@H]2C[C@H]2c2ccccc2)CO3)cc1. The first-order valence-corrected chi connectivity index (χ1v) is 11.2. The number of aliphatic hydroxyl groups excluding tert-OH is 1. The van der Waals surface area contributed by atoms with E-state index in [1.807, 2.05) is 12.1 Å². The van der Waals surface area contributed by atoms with Crippen LogP contribution in [-0.2, 0) is 11.3 Å². The first-order chi connectivity index (χ1) is 14.6. The number of rotatable bonds is 6. The van der Waals surface area contributed by atoms with Gasteiger partial charge in [0.15, 0.2) is 6.29 Å². The summed E-state index contributed by atoms with van der Waals surface area (Å²) in [7, 11) is 0. The highest BCUT2D eigenvalue weighted by molar-refractivity contribution is 5.28. The third-order valence-corrected chi connectivity index (χ3v) is 7.13. The Morgan fingerprint density at radius 1 is 1.03 bits per heavy atom. The fourth-order valence-electron chi connectivity index (χ4n) is 5.22. The third kappa shape index (κ3) is 4.46. The van der Waals surface area contributed by atoms with E-state index >= 15 is 0 Å². The zero-order valence-electron chi connectivity index (χ0n) is 17.4. The van der Waals surface area contributed by atoms with Gasteiger partial charge in [-0.1, -0.05) is 54.6 Å². The van der Waals surface area contributed by atoms with Crippen molar-refractivity contribution in [3.63, 3.8) is 0 Å². The molecule has 2 heterocycles. The Kier molecular flexibility index (Phi) is 5.65. The van der Waals surface area contributed by atoms with Crippen molar-refractivity contribution in [2.45, 2.75) is 62.1 Å². The number of benzene rings is 2. The molecule has 5 rings (SSSR count). The molecule has 160 valence electrons. The molecule has 3 fully saturated rings. The van der Waals surface area contributed by atoms with Crippen molar-refractivity contribution in [2.75, 3.05) is 19.7 Å². The average Bonchev–Trinajstić information content (AvgIpc) is 3.43. The van der Waals surface area contributed by atoms with Gasteiger partial charge in [-0.15, -0.1) is 0 Å². The second-order valence-electron chi connectivity index (χ2n) is 9.31. The molecule has 1 saturated carbocycles. The lowest BCUT2D eigenvalue weighted by atomic mass is 9.87. The summed E-state index contributed by atoms with van der Waals surface area (Å²) in [4.78, 5) is 2.48. The van der Waals surface area contributed by atoms with Gasteiger partial charge in [0.2, 0.25) is 0 Å². The number of hydrogen-bond acceptors (Lipinski definition) is 5. The smallest absolute Gasteiger partial charge is 0.178 e. The van der Waals surface area contributed by atoms with E-state index < -0.39 is 6.29 Å².